The SMILES string of the molecule is C[N+]1(CC2COC(c3ccccc3)(C3CCCCC3)O2)CCCC1.[I-]. The highest BCUT2D eigenvalue weighted by atomic mass is 127. The van der Waals surface area contributed by atoms with Crippen molar-refractivity contribution in [1.82, 2.24) is 0 Å². The average molecular weight is 457 g/mol. The van der Waals surface area contributed by atoms with Gasteiger partial charge in [-0.3, -0.25) is 0 Å². The van der Waals surface area contributed by atoms with Crippen LogP contribution in [0.3, 0.4) is 0 Å². The van der Waals surface area contributed by atoms with Crippen LogP contribution in [0.4, 0.5) is 0 Å². The summed E-state index contributed by atoms with van der Waals surface area (Å²) in [5, 5.41) is 0. The minimum atomic E-state index is -0.495. The predicted molar refractivity (Wildman–Crippen MR) is 95.5 cm³/mol. The molecule has 1 aromatic carbocycles. The molecule has 0 radical (unpaired) electrons. The molecule has 2 saturated heterocycles. The van der Waals surface area contributed by atoms with Gasteiger partial charge in [0.2, 0.25) is 0 Å². The van der Waals surface area contributed by atoms with Crippen LogP contribution in [-0.2, 0) is 15.3 Å². The number of halogens is 1. The highest BCUT2D eigenvalue weighted by Crippen LogP contribution is 2.47. The summed E-state index contributed by atoms with van der Waals surface area (Å²) in [7, 11) is 2.39. The van der Waals surface area contributed by atoms with Crippen LogP contribution in [0, 0.1) is 5.92 Å². The first-order valence-corrected chi connectivity index (χ1v) is 9.91. The van der Waals surface area contributed by atoms with Gasteiger partial charge in [-0.1, -0.05) is 49.6 Å². The molecule has 140 valence electrons. The van der Waals surface area contributed by atoms with E-state index in [-0.39, 0.29) is 30.1 Å². The molecular formula is C21H32INO2. The van der Waals surface area contributed by atoms with Crippen LogP contribution in [0.1, 0.15) is 50.5 Å². The monoisotopic (exact) mass is 457 g/mol. The van der Waals surface area contributed by atoms with Crippen molar-refractivity contribution in [2.45, 2.75) is 56.8 Å². The van der Waals surface area contributed by atoms with Crippen LogP contribution >= 0.6 is 0 Å². The fourth-order valence-electron chi connectivity index (χ4n) is 5.15. The Hall–Kier alpha value is -0.170. The first kappa shape index (κ1) is 19.6. The van der Waals surface area contributed by atoms with E-state index in [4.69, 9.17) is 9.47 Å². The van der Waals surface area contributed by atoms with E-state index in [1.807, 2.05) is 0 Å². The Bertz CT molecular complexity index is 540. The van der Waals surface area contributed by atoms with E-state index in [0.29, 0.717) is 5.92 Å². The van der Waals surface area contributed by atoms with Crippen molar-refractivity contribution in [3.8, 4) is 0 Å². The van der Waals surface area contributed by atoms with Crippen molar-refractivity contribution < 1.29 is 37.9 Å². The molecule has 4 rings (SSSR count). The lowest BCUT2D eigenvalue weighted by Crippen LogP contribution is -3.00. The largest absolute Gasteiger partial charge is 1.00 e. The van der Waals surface area contributed by atoms with E-state index in [1.54, 1.807) is 0 Å². The molecule has 0 bridgehead atoms. The number of likely N-dealkylation sites (N-methyl/N-ethyl adjacent to an activating group) is 1. The summed E-state index contributed by atoms with van der Waals surface area (Å²) in [4.78, 5) is 0. The molecule has 1 saturated carbocycles. The van der Waals surface area contributed by atoms with Crippen LogP contribution in [0.15, 0.2) is 30.3 Å². The standard InChI is InChI=1S/C21H32NO2.HI/c1-22(14-8-9-15-22)16-20-17-23-21(24-20,18-10-4-2-5-11-18)19-12-6-3-7-13-19;/h2,4-5,10-11,19-20H,3,6-9,12-17H2,1H3;1H/q+1;/p-1. The third-order valence-electron chi connectivity index (χ3n) is 6.43. The first-order chi connectivity index (χ1) is 11.7. The van der Waals surface area contributed by atoms with Crippen molar-refractivity contribution in [2.24, 2.45) is 5.92 Å². The van der Waals surface area contributed by atoms with Crippen LogP contribution in [0.5, 0.6) is 0 Å². The summed E-state index contributed by atoms with van der Waals surface area (Å²) >= 11 is 0. The fraction of sp³-hybridized carbons (Fsp3) is 0.714. The third kappa shape index (κ3) is 4.07. The quantitative estimate of drug-likeness (QED) is 0.498. The normalized spacial score (nSPS) is 32.4. The molecule has 0 amide bonds. The molecule has 0 spiro atoms. The van der Waals surface area contributed by atoms with Gasteiger partial charge in [0.1, 0.15) is 12.6 Å². The van der Waals surface area contributed by atoms with Gasteiger partial charge in [0.25, 0.3) is 0 Å². The lowest BCUT2D eigenvalue weighted by Gasteiger charge is -2.39. The maximum Gasteiger partial charge on any atom is 0.198 e. The Morgan fingerprint density at radius 3 is 2.36 bits per heavy atom. The average Bonchev–Trinajstić information content (AvgIpc) is 3.24. The number of rotatable bonds is 4. The smallest absolute Gasteiger partial charge is 0.198 e. The first-order valence-electron chi connectivity index (χ1n) is 9.91. The molecule has 3 nitrogen and oxygen atoms in total. The summed E-state index contributed by atoms with van der Waals surface area (Å²) < 4.78 is 14.4. The van der Waals surface area contributed by atoms with Crippen molar-refractivity contribution in [3.63, 3.8) is 0 Å². The zero-order valence-electron chi connectivity index (χ0n) is 15.5. The molecule has 3 fully saturated rings. The predicted octanol–water partition coefficient (Wildman–Crippen LogP) is 1.08. The molecular weight excluding hydrogens is 425 g/mol. The van der Waals surface area contributed by atoms with Crippen LogP contribution in [0.2, 0.25) is 0 Å². The molecule has 2 aliphatic heterocycles. The van der Waals surface area contributed by atoms with E-state index in [9.17, 15) is 0 Å². The molecule has 0 N–H and O–H groups in total. The highest BCUT2D eigenvalue weighted by molar-refractivity contribution is 5.22. The molecule has 25 heavy (non-hydrogen) atoms. The molecule has 1 aliphatic carbocycles. The van der Waals surface area contributed by atoms with E-state index in [2.05, 4.69) is 37.4 Å². The van der Waals surface area contributed by atoms with E-state index in [1.165, 1.54) is 63.6 Å². The lowest BCUT2D eigenvalue weighted by atomic mass is 9.80. The van der Waals surface area contributed by atoms with Gasteiger partial charge in [0.15, 0.2) is 5.79 Å². The Morgan fingerprint density at radius 1 is 1.00 bits per heavy atom. The number of likely N-dealkylation sites (tertiary alicyclic amines) is 1. The summed E-state index contributed by atoms with van der Waals surface area (Å²) in [6.07, 6.45) is 9.39. The maximum atomic E-state index is 6.76. The summed E-state index contributed by atoms with van der Waals surface area (Å²) in [5.74, 6) is 0.00754. The molecule has 1 aromatic rings. The van der Waals surface area contributed by atoms with Crippen molar-refractivity contribution >= 4 is 0 Å². The second kappa shape index (κ2) is 8.24. The van der Waals surface area contributed by atoms with E-state index < -0.39 is 5.79 Å². The van der Waals surface area contributed by atoms with Gasteiger partial charge in [0.05, 0.1) is 26.7 Å². The highest BCUT2D eigenvalue weighted by Gasteiger charge is 2.50. The van der Waals surface area contributed by atoms with Crippen molar-refractivity contribution in [3.05, 3.63) is 35.9 Å². The molecule has 4 heteroatoms. The van der Waals surface area contributed by atoms with Gasteiger partial charge in [-0.2, -0.15) is 0 Å². The number of quaternary nitrogens is 1. The van der Waals surface area contributed by atoms with Gasteiger partial charge < -0.3 is 37.9 Å². The summed E-state index contributed by atoms with van der Waals surface area (Å²) in [5.41, 5.74) is 1.23. The number of hydrogen-bond acceptors (Lipinski definition) is 2. The number of benzene rings is 1. The Balaban J connectivity index is 0.00000182. The summed E-state index contributed by atoms with van der Waals surface area (Å²) in [6.45, 7) is 4.43. The minimum absolute atomic E-state index is 0. The van der Waals surface area contributed by atoms with E-state index >= 15 is 0 Å². The van der Waals surface area contributed by atoms with Gasteiger partial charge >= 0.3 is 0 Å². The number of hydrogen-bond donors (Lipinski definition) is 0. The number of ether oxygens (including phenoxy) is 2. The van der Waals surface area contributed by atoms with Crippen LogP contribution in [0.25, 0.3) is 0 Å². The van der Waals surface area contributed by atoms with E-state index in [0.717, 1.165) is 17.6 Å². The molecule has 2 unspecified atom stereocenters. The lowest BCUT2D eigenvalue weighted by molar-refractivity contribution is -0.900. The van der Waals surface area contributed by atoms with Crippen molar-refractivity contribution in [1.29, 1.82) is 0 Å². The maximum absolute atomic E-state index is 6.76. The Kier molecular flexibility index (Phi) is 6.45. The van der Waals surface area contributed by atoms with Crippen LogP contribution < -0.4 is 24.0 Å². The van der Waals surface area contributed by atoms with Gasteiger partial charge in [0, 0.05) is 24.3 Å². The second-order valence-electron chi connectivity index (χ2n) is 8.38. The minimum Gasteiger partial charge on any atom is -1.00 e. The molecule has 2 atom stereocenters. The topological polar surface area (TPSA) is 18.5 Å². The Morgan fingerprint density at radius 2 is 1.68 bits per heavy atom. The van der Waals surface area contributed by atoms with Gasteiger partial charge in [-0.15, -0.1) is 0 Å². The summed E-state index contributed by atoms with van der Waals surface area (Å²) in [6, 6.07) is 10.7. The zero-order valence-corrected chi connectivity index (χ0v) is 17.6. The van der Waals surface area contributed by atoms with Crippen LogP contribution in [-0.4, -0.2) is 43.9 Å². The number of nitrogens with zero attached hydrogens (tertiary/aromatic N) is 1. The van der Waals surface area contributed by atoms with Crippen molar-refractivity contribution in [2.75, 3.05) is 33.3 Å². The molecule has 2 heterocycles. The third-order valence-corrected chi connectivity index (χ3v) is 6.43. The molecule has 3 aliphatic rings. The van der Waals surface area contributed by atoms with Gasteiger partial charge in [-0.05, 0) is 12.8 Å². The fourth-order valence-corrected chi connectivity index (χ4v) is 5.15. The second-order valence-corrected chi connectivity index (χ2v) is 8.38. The Labute approximate surface area is 169 Å². The zero-order chi connectivity index (χ0) is 16.5. The van der Waals surface area contributed by atoms with Gasteiger partial charge in [-0.25, -0.2) is 0 Å². The molecule has 0 aromatic heterocycles.